The maximum atomic E-state index is 9.89. The van der Waals surface area contributed by atoms with E-state index in [2.05, 4.69) is 10.1 Å². The number of aromatic nitrogens is 2. The van der Waals surface area contributed by atoms with Crippen LogP contribution in [0.2, 0.25) is 0 Å². The molecule has 0 radical (unpaired) electrons. The molecule has 0 aliphatic rings. The number of likely N-dealkylation sites (N-methyl/N-ethyl adjacent to an activating group) is 1. The van der Waals surface area contributed by atoms with Crippen LogP contribution in [0, 0.1) is 0 Å². The lowest BCUT2D eigenvalue weighted by molar-refractivity contribution is 0.390. The van der Waals surface area contributed by atoms with Crippen LogP contribution in [-0.2, 0) is 6.42 Å². The van der Waals surface area contributed by atoms with Gasteiger partial charge in [-0.3, -0.25) is 0 Å². The van der Waals surface area contributed by atoms with Gasteiger partial charge in [0, 0.05) is 19.0 Å². The summed E-state index contributed by atoms with van der Waals surface area (Å²) in [6.45, 7) is 0.841. The van der Waals surface area contributed by atoms with Crippen LogP contribution in [-0.4, -0.2) is 47.9 Å². The molecule has 1 N–H and O–H groups in total. The van der Waals surface area contributed by atoms with Crippen molar-refractivity contribution in [3.05, 3.63) is 24.0 Å². The molecule has 0 aliphatic carbocycles. The van der Waals surface area contributed by atoms with Gasteiger partial charge in [-0.2, -0.15) is 4.98 Å². The predicted octanol–water partition coefficient (Wildman–Crippen LogP) is 1.55. The molecular weight excluding hydrogens is 246 g/mol. The van der Waals surface area contributed by atoms with Crippen LogP contribution < -0.4 is 4.74 Å². The number of ether oxygens (including phenoxy) is 1. The number of phenolic OH excluding ortho intramolecular Hbond substituents is 1. The molecule has 6 nitrogen and oxygen atoms in total. The molecule has 0 unspecified atom stereocenters. The topological polar surface area (TPSA) is 71.6 Å². The summed E-state index contributed by atoms with van der Waals surface area (Å²) >= 11 is 0. The van der Waals surface area contributed by atoms with E-state index in [0.29, 0.717) is 29.4 Å². The zero-order chi connectivity index (χ0) is 13.8. The normalized spacial score (nSPS) is 10.9. The summed E-state index contributed by atoms with van der Waals surface area (Å²) in [5, 5.41) is 13.8. The monoisotopic (exact) mass is 263 g/mol. The second kappa shape index (κ2) is 5.71. The minimum absolute atomic E-state index is 0.0576. The first-order valence-electron chi connectivity index (χ1n) is 5.95. The van der Waals surface area contributed by atoms with Crippen LogP contribution in [0.25, 0.3) is 11.5 Å². The van der Waals surface area contributed by atoms with Crippen LogP contribution in [0.4, 0.5) is 0 Å². The zero-order valence-corrected chi connectivity index (χ0v) is 11.3. The predicted molar refractivity (Wildman–Crippen MR) is 70.2 cm³/mol. The summed E-state index contributed by atoms with van der Waals surface area (Å²) < 4.78 is 10.2. The van der Waals surface area contributed by atoms with Gasteiger partial charge in [0.15, 0.2) is 5.82 Å². The Morgan fingerprint density at radius 3 is 2.79 bits per heavy atom. The molecular formula is C13H17N3O3. The third kappa shape index (κ3) is 3.23. The smallest absolute Gasteiger partial charge is 0.261 e. The fourth-order valence-electron chi connectivity index (χ4n) is 1.61. The Kier molecular flexibility index (Phi) is 4.01. The minimum Gasteiger partial charge on any atom is -0.507 e. The Labute approximate surface area is 111 Å². The molecule has 1 aromatic heterocycles. The molecule has 1 heterocycles. The van der Waals surface area contributed by atoms with E-state index in [-0.39, 0.29) is 5.75 Å². The van der Waals surface area contributed by atoms with E-state index in [0.717, 1.165) is 6.54 Å². The molecule has 2 aromatic rings. The molecule has 0 fully saturated rings. The van der Waals surface area contributed by atoms with E-state index in [1.807, 2.05) is 19.0 Å². The lowest BCUT2D eigenvalue weighted by atomic mass is 10.2. The molecule has 0 bridgehead atoms. The van der Waals surface area contributed by atoms with Crippen LogP contribution in [0.3, 0.4) is 0 Å². The summed E-state index contributed by atoms with van der Waals surface area (Å²) in [6, 6.07) is 4.94. The Hall–Kier alpha value is -2.08. The van der Waals surface area contributed by atoms with Gasteiger partial charge in [0.25, 0.3) is 5.89 Å². The Morgan fingerprint density at radius 2 is 2.16 bits per heavy atom. The van der Waals surface area contributed by atoms with Gasteiger partial charge in [0.05, 0.1) is 12.7 Å². The first-order valence-corrected chi connectivity index (χ1v) is 5.95. The third-order valence-electron chi connectivity index (χ3n) is 2.69. The fourth-order valence-corrected chi connectivity index (χ4v) is 1.61. The summed E-state index contributed by atoms with van der Waals surface area (Å²) in [6.07, 6.45) is 0.702. The molecule has 102 valence electrons. The average molecular weight is 263 g/mol. The fraction of sp³-hybridized carbons (Fsp3) is 0.385. The standard InChI is InChI=1S/C13H17N3O3/c1-16(2)7-6-12-14-13(19-15-12)10-5-4-9(18-3)8-11(10)17/h4-5,8,17H,6-7H2,1-3H3. The quantitative estimate of drug-likeness (QED) is 0.882. The number of hydrogen-bond donors (Lipinski definition) is 1. The van der Waals surface area contributed by atoms with Gasteiger partial charge in [-0.15, -0.1) is 0 Å². The molecule has 0 amide bonds. The molecule has 0 atom stereocenters. The van der Waals surface area contributed by atoms with E-state index in [9.17, 15) is 5.11 Å². The maximum Gasteiger partial charge on any atom is 0.261 e. The number of nitrogens with zero attached hydrogens (tertiary/aromatic N) is 3. The maximum absolute atomic E-state index is 9.89. The van der Waals surface area contributed by atoms with Gasteiger partial charge < -0.3 is 19.3 Å². The van der Waals surface area contributed by atoms with Gasteiger partial charge >= 0.3 is 0 Å². The Morgan fingerprint density at radius 1 is 1.37 bits per heavy atom. The van der Waals surface area contributed by atoms with E-state index in [1.54, 1.807) is 19.2 Å². The van der Waals surface area contributed by atoms with E-state index in [1.165, 1.54) is 6.07 Å². The first-order chi connectivity index (χ1) is 9.10. The van der Waals surface area contributed by atoms with Crippen molar-refractivity contribution in [1.29, 1.82) is 0 Å². The summed E-state index contributed by atoms with van der Waals surface area (Å²) in [5.74, 6) is 1.57. The number of aromatic hydroxyl groups is 1. The van der Waals surface area contributed by atoms with Crippen LogP contribution in [0.15, 0.2) is 22.7 Å². The summed E-state index contributed by atoms with van der Waals surface area (Å²) in [4.78, 5) is 6.31. The number of rotatable bonds is 5. The summed E-state index contributed by atoms with van der Waals surface area (Å²) in [5.41, 5.74) is 0.504. The number of benzene rings is 1. The van der Waals surface area contributed by atoms with Gasteiger partial charge in [-0.1, -0.05) is 5.16 Å². The highest BCUT2D eigenvalue weighted by molar-refractivity contribution is 5.63. The van der Waals surface area contributed by atoms with Crippen molar-refractivity contribution in [2.75, 3.05) is 27.7 Å². The Bertz CT molecular complexity index is 552. The zero-order valence-electron chi connectivity index (χ0n) is 11.3. The number of methoxy groups -OCH3 is 1. The molecule has 0 spiro atoms. The third-order valence-corrected chi connectivity index (χ3v) is 2.69. The molecule has 0 saturated heterocycles. The van der Waals surface area contributed by atoms with Gasteiger partial charge in [-0.05, 0) is 26.2 Å². The van der Waals surface area contributed by atoms with Crippen molar-refractivity contribution in [2.24, 2.45) is 0 Å². The van der Waals surface area contributed by atoms with E-state index >= 15 is 0 Å². The molecule has 1 aromatic carbocycles. The molecule has 19 heavy (non-hydrogen) atoms. The minimum atomic E-state index is 0.0576. The molecule has 6 heteroatoms. The van der Waals surface area contributed by atoms with Crippen molar-refractivity contribution < 1.29 is 14.4 Å². The lowest BCUT2D eigenvalue weighted by Gasteiger charge is -2.05. The lowest BCUT2D eigenvalue weighted by Crippen LogP contribution is -2.15. The van der Waals surface area contributed by atoms with Crippen molar-refractivity contribution in [1.82, 2.24) is 15.0 Å². The second-order valence-corrected chi connectivity index (χ2v) is 4.45. The summed E-state index contributed by atoms with van der Waals surface area (Å²) in [7, 11) is 5.51. The second-order valence-electron chi connectivity index (χ2n) is 4.45. The van der Waals surface area contributed by atoms with E-state index in [4.69, 9.17) is 9.26 Å². The average Bonchev–Trinajstić information content (AvgIpc) is 2.84. The SMILES string of the molecule is COc1ccc(-c2nc(CCN(C)C)no2)c(O)c1. The Balaban J connectivity index is 2.18. The number of hydrogen-bond acceptors (Lipinski definition) is 6. The van der Waals surface area contributed by atoms with Crippen LogP contribution >= 0.6 is 0 Å². The van der Waals surface area contributed by atoms with Gasteiger partial charge in [0.2, 0.25) is 0 Å². The van der Waals surface area contributed by atoms with Gasteiger partial charge in [-0.25, -0.2) is 0 Å². The first kappa shape index (κ1) is 13.4. The highest BCUT2D eigenvalue weighted by atomic mass is 16.5. The highest BCUT2D eigenvalue weighted by Crippen LogP contribution is 2.31. The molecule has 2 rings (SSSR count). The van der Waals surface area contributed by atoms with Crippen molar-refractivity contribution in [2.45, 2.75) is 6.42 Å². The van der Waals surface area contributed by atoms with Crippen LogP contribution in [0.1, 0.15) is 5.82 Å². The van der Waals surface area contributed by atoms with Crippen molar-refractivity contribution in [3.8, 4) is 23.0 Å². The number of phenols is 1. The molecule has 0 saturated carbocycles. The van der Waals surface area contributed by atoms with Crippen molar-refractivity contribution in [3.63, 3.8) is 0 Å². The van der Waals surface area contributed by atoms with Gasteiger partial charge in [0.1, 0.15) is 11.5 Å². The largest absolute Gasteiger partial charge is 0.507 e. The molecule has 0 aliphatic heterocycles. The van der Waals surface area contributed by atoms with Crippen LogP contribution in [0.5, 0.6) is 11.5 Å². The highest BCUT2D eigenvalue weighted by Gasteiger charge is 2.13. The van der Waals surface area contributed by atoms with E-state index < -0.39 is 0 Å². The van der Waals surface area contributed by atoms with Crippen molar-refractivity contribution >= 4 is 0 Å².